The number of hydrogen-bond donors (Lipinski definition) is 2. The van der Waals surface area contributed by atoms with E-state index in [4.69, 9.17) is 5.11 Å². The van der Waals surface area contributed by atoms with Crippen LogP contribution in [0.4, 0.5) is 0 Å². The molecule has 0 aliphatic carbocycles. The quantitative estimate of drug-likeness (QED) is 0.771. The molecule has 0 fully saturated rings. The number of aromatic nitrogens is 2. The molecule has 1 aromatic heterocycles. The lowest BCUT2D eigenvalue weighted by molar-refractivity contribution is -0.117. The van der Waals surface area contributed by atoms with E-state index in [0.717, 1.165) is 11.3 Å². The Kier molecular flexibility index (Phi) is 6.11. The Morgan fingerprint density at radius 3 is 2.74 bits per heavy atom. The van der Waals surface area contributed by atoms with Gasteiger partial charge >= 0.3 is 0 Å². The highest BCUT2D eigenvalue weighted by molar-refractivity contribution is 5.91. The normalized spacial score (nSPS) is 12.7. The maximum absolute atomic E-state index is 12.0. The number of carbonyl (C=O) groups is 1. The number of hydrogen-bond acceptors (Lipinski definition) is 3. The maximum Gasteiger partial charge on any atom is 0.244 e. The summed E-state index contributed by atoms with van der Waals surface area (Å²) in [5, 5.41) is 16.2. The third-order valence-electron chi connectivity index (χ3n) is 3.62. The molecule has 0 aliphatic heterocycles. The summed E-state index contributed by atoms with van der Waals surface area (Å²) in [5.74, 6) is 0.116. The summed E-state index contributed by atoms with van der Waals surface area (Å²) in [6.45, 7) is 4.11. The van der Waals surface area contributed by atoms with Gasteiger partial charge in [-0.25, -0.2) is 4.68 Å². The van der Waals surface area contributed by atoms with E-state index in [2.05, 4.69) is 10.4 Å². The van der Waals surface area contributed by atoms with E-state index in [-0.39, 0.29) is 24.5 Å². The van der Waals surface area contributed by atoms with Crippen LogP contribution in [-0.2, 0) is 4.79 Å². The second-order valence-electron chi connectivity index (χ2n) is 5.76. The minimum absolute atomic E-state index is 0.0239. The smallest absolute Gasteiger partial charge is 0.244 e. The Morgan fingerprint density at radius 1 is 1.35 bits per heavy atom. The molecule has 1 atom stereocenters. The van der Waals surface area contributed by atoms with Gasteiger partial charge in [0.05, 0.1) is 11.9 Å². The molecule has 1 heterocycles. The summed E-state index contributed by atoms with van der Waals surface area (Å²) >= 11 is 0. The third kappa shape index (κ3) is 5.07. The van der Waals surface area contributed by atoms with Gasteiger partial charge in [0.2, 0.25) is 5.91 Å². The summed E-state index contributed by atoms with van der Waals surface area (Å²) in [7, 11) is 0. The monoisotopic (exact) mass is 313 g/mol. The first-order chi connectivity index (χ1) is 11.1. The van der Waals surface area contributed by atoms with Gasteiger partial charge in [0.15, 0.2) is 0 Å². The molecule has 2 rings (SSSR count). The summed E-state index contributed by atoms with van der Waals surface area (Å²) in [4.78, 5) is 12.0. The molecule has 23 heavy (non-hydrogen) atoms. The van der Waals surface area contributed by atoms with E-state index in [1.54, 1.807) is 17.0 Å². The number of nitrogens with zero attached hydrogens (tertiary/aromatic N) is 2. The van der Waals surface area contributed by atoms with Crippen molar-refractivity contribution in [2.24, 2.45) is 5.92 Å². The zero-order valence-corrected chi connectivity index (χ0v) is 13.5. The van der Waals surface area contributed by atoms with Gasteiger partial charge in [-0.1, -0.05) is 32.0 Å². The van der Waals surface area contributed by atoms with Gasteiger partial charge in [0.1, 0.15) is 0 Å². The van der Waals surface area contributed by atoms with E-state index in [9.17, 15) is 4.79 Å². The standard InChI is InChI=1S/C18H23N3O2/c1-14(2)17(10-11-22)20-18(23)9-8-15-12-19-21(13-15)16-6-4-3-5-7-16/h3-9,12-14,17,22H,10-11H2,1-2H3,(H,20,23)/b9-8+. The molecule has 0 spiro atoms. The van der Waals surface area contributed by atoms with Gasteiger partial charge in [-0.15, -0.1) is 0 Å². The number of aliphatic hydroxyl groups excluding tert-OH is 1. The van der Waals surface area contributed by atoms with E-state index in [1.807, 2.05) is 50.4 Å². The van der Waals surface area contributed by atoms with Crippen molar-refractivity contribution in [3.8, 4) is 5.69 Å². The van der Waals surface area contributed by atoms with Crippen LogP contribution in [-0.4, -0.2) is 33.4 Å². The number of amides is 1. The van der Waals surface area contributed by atoms with Crippen molar-refractivity contribution >= 4 is 12.0 Å². The van der Waals surface area contributed by atoms with E-state index >= 15 is 0 Å². The first-order valence-electron chi connectivity index (χ1n) is 7.79. The molecule has 0 bridgehead atoms. The van der Waals surface area contributed by atoms with Crippen LogP contribution in [0.15, 0.2) is 48.8 Å². The predicted octanol–water partition coefficient (Wildman–Crippen LogP) is 2.41. The fraction of sp³-hybridized carbons (Fsp3) is 0.333. The zero-order valence-electron chi connectivity index (χ0n) is 13.5. The molecule has 1 aromatic carbocycles. The number of carbonyl (C=O) groups excluding carboxylic acids is 1. The van der Waals surface area contributed by atoms with Gasteiger partial charge in [0.25, 0.3) is 0 Å². The number of nitrogens with one attached hydrogen (secondary N) is 1. The van der Waals surface area contributed by atoms with E-state index in [1.165, 1.54) is 6.08 Å². The summed E-state index contributed by atoms with van der Waals surface area (Å²) in [6.07, 6.45) is 7.37. The lowest BCUT2D eigenvalue weighted by atomic mass is 10.0. The average Bonchev–Trinajstić information content (AvgIpc) is 3.02. The minimum Gasteiger partial charge on any atom is -0.396 e. The summed E-state index contributed by atoms with van der Waals surface area (Å²) in [5.41, 5.74) is 1.83. The first kappa shape index (κ1) is 17.0. The lowest BCUT2D eigenvalue weighted by Crippen LogP contribution is -2.38. The molecule has 1 unspecified atom stereocenters. The van der Waals surface area contributed by atoms with E-state index < -0.39 is 0 Å². The van der Waals surface area contributed by atoms with Crippen molar-refractivity contribution in [3.05, 3.63) is 54.4 Å². The van der Waals surface area contributed by atoms with Crippen molar-refractivity contribution in [2.75, 3.05) is 6.61 Å². The van der Waals surface area contributed by atoms with Crippen LogP contribution in [0.3, 0.4) is 0 Å². The predicted molar refractivity (Wildman–Crippen MR) is 91.1 cm³/mol. The third-order valence-corrected chi connectivity index (χ3v) is 3.62. The van der Waals surface area contributed by atoms with Crippen molar-refractivity contribution in [3.63, 3.8) is 0 Å². The summed E-state index contributed by atoms with van der Waals surface area (Å²) in [6, 6.07) is 9.77. The highest BCUT2D eigenvalue weighted by atomic mass is 16.3. The number of aliphatic hydroxyl groups is 1. The highest BCUT2D eigenvalue weighted by Crippen LogP contribution is 2.09. The molecule has 0 aliphatic rings. The molecule has 0 radical (unpaired) electrons. The first-order valence-corrected chi connectivity index (χ1v) is 7.79. The Hall–Kier alpha value is -2.40. The van der Waals surface area contributed by atoms with Crippen LogP contribution >= 0.6 is 0 Å². The zero-order chi connectivity index (χ0) is 16.7. The van der Waals surface area contributed by atoms with Gasteiger partial charge in [0, 0.05) is 30.5 Å². The molecular formula is C18H23N3O2. The van der Waals surface area contributed by atoms with Crippen LogP contribution in [0.5, 0.6) is 0 Å². The summed E-state index contributed by atoms with van der Waals surface area (Å²) < 4.78 is 1.76. The van der Waals surface area contributed by atoms with Crippen molar-refractivity contribution in [1.29, 1.82) is 0 Å². The molecule has 1 amide bonds. The van der Waals surface area contributed by atoms with Crippen LogP contribution in [0.2, 0.25) is 0 Å². The molecule has 2 N–H and O–H groups in total. The SMILES string of the molecule is CC(C)C(CCO)NC(=O)/C=C/c1cnn(-c2ccccc2)c1. The molecule has 0 saturated carbocycles. The van der Waals surface area contributed by atoms with Gasteiger partial charge < -0.3 is 10.4 Å². The second-order valence-corrected chi connectivity index (χ2v) is 5.76. The van der Waals surface area contributed by atoms with Crippen LogP contribution < -0.4 is 5.32 Å². The fourth-order valence-corrected chi connectivity index (χ4v) is 2.26. The molecule has 5 nitrogen and oxygen atoms in total. The largest absolute Gasteiger partial charge is 0.396 e. The van der Waals surface area contributed by atoms with Crippen LogP contribution in [0.25, 0.3) is 11.8 Å². The molecule has 2 aromatic rings. The van der Waals surface area contributed by atoms with Crippen molar-refractivity contribution in [1.82, 2.24) is 15.1 Å². The fourth-order valence-electron chi connectivity index (χ4n) is 2.26. The Balaban J connectivity index is 1.97. The van der Waals surface area contributed by atoms with Gasteiger partial charge in [-0.2, -0.15) is 5.10 Å². The molecule has 5 heteroatoms. The lowest BCUT2D eigenvalue weighted by Gasteiger charge is -2.20. The van der Waals surface area contributed by atoms with Gasteiger partial charge in [-0.05, 0) is 30.5 Å². The second kappa shape index (κ2) is 8.29. The Morgan fingerprint density at radius 2 is 2.09 bits per heavy atom. The molecule has 122 valence electrons. The van der Waals surface area contributed by atoms with Crippen molar-refractivity contribution < 1.29 is 9.90 Å². The minimum atomic E-state index is -0.162. The van der Waals surface area contributed by atoms with Crippen LogP contribution in [0.1, 0.15) is 25.8 Å². The van der Waals surface area contributed by atoms with E-state index in [0.29, 0.717) is 6.42 Å². The van der Waals surface area contributed by atoms with Gasteiger partial charge in [-0.3, -0.25) is 4.79 Å². The number of para-hydroxylation sites is 1. The number of benzene rings is 1. The van der Waals surface area contributed by atoms with Crippen LogP contribution in [0, 0.1) is 5.92 Å². The Bertz CT molecular complexity index is 647. The highest BCUT2D eigenvalue weighted by Gasteiger charge is 2.13. The molecule has 0 saturated heterocycles. The average molecular weight is 313 g/mol. The van der Waals surface area contributed by atoms with Crippen molar-refractivity contribution in [2.45, 2.75) is 26.3 Å². The topological polar surface area (TPSA) is 67.2 Å². The number of rotatable bonds is 7. The molecular weight excluding hydrogens is 290 g/mol. The maximum atomic E-state index is 12.0. The Labute approximate surface area is 136 Å².